The van der Waals surface area contributed by atoms with Crippen molar-refractivity contribution in [2.24, 2.45) is 5.16 Å². The molecular weight excluding hydrogens is 456 g/mol. The minimum atomic E-state index is -2.27. The highest BCUT2D eigenvalue weighted by molar-refractivity contribution is 7.79. The normalized spacial score (nSPS) is 12.7. The van der Waals surface area contributed by atoms with Crippen molar-refractivity contribution in [2.45, 2.75) is 26.3 Å². The van der Waals surface area contributed by atoms with Gasteiger partial charge in [0.2, 0.25) is 0 Å². The molecule has 2 aromatic rings. The molecular formula is C21H24ClN4O5S-. The molecule has 0 bridgehead atoms. The van der Waals surface area contributed by atoms with Crippen molar-refractivity contribution in [3.63, 3.8) is 0 Å². The third-order valence-electron chi connectivity index (χ3n) is 4.60. The molecule has 172 valence electrons. The number of nitrogens with zero attached hydrogens (tertiary/aromatic N) is 1. The molecule has 0 aliphatic heterocycles. The number of oxime groups is 1. The summed E-state index contributed by atoms with van der Waals surface area (Å²) >= 11 is 3.80. The Bertz CT molecular complexity index is 1060. The summed E-state index contributed by atoms with van der Waals surface area (Å²) < 4.78 is 21.2. The third kappa shape index (κ3) is 7.04. The van der Waals surface area contributed by atoms with Gasteiger partial charge in [0.15, 0.2) is 0 Å². The number of hydrogen-bond acceptors (Lipinski definition) is 6. The van der Waals surface area contributed by atoms with E-state index in [0.717, 1.165) is 11.1 Å². The van der Waals surface area contributed by atoms with E-state index in [2.05, 4.69) is 21.1 Å². The van der Waals surface area contributed by atoms with Gasteiger partial charge in [-0.25, -0.2) is 4.79 Å². The van der Waals surface area contributed by atoms with E-state index in [1.807, 2.05) is 26.0 Å². The van der Waals surface area contributed by atoms with Crippen molar-refractivity contribution in [2.75, 3.05) is 17.6 Å². The fourth-order valence-corrected chi connectivity index (χ4v) is 3.30. The van der Waals surface area contributed by atoms with Gasteiger partial charge in [0.1, 0.15) is 0 Å². The van der Waals surface area contributed by atoms with Crippen molar-refractivity contribution in [1.82, 2.24) is 10.6 Å². The van der Waals surface area contributed by atoms with Crippen LogP contribution in [0.3, 0.4) is 0 Å². The molecule has 3 amide bonds. The molecule has 4 N–H and O–H groups in total. The molecule has 0 aliphatic rings. The Labute approximate surface area is 193 Å². The van der Waals surface area contributed by atoms with Crippen LogP contribution in [-0.2, 0) is 16.6 Å². The van der Waals surface area contributed by atoms with Crippen molar-refractivity contribution < 1.29 is 23.6 Å². The van der Waals surface area contributed by atoms with Gasteiger partial charge in [0.25, 0.3) is 5.91 Å². The molecule has 0 saturated carbocycles. The van der Waals surface area contributed by atoms with Crippen LogP contribution in [0.2, 0.25) is 5.02 Å². The summed E-state index contributed by atoms with van der Waals surface area (Å²) in [5.74, 6) is -0.772. The Morgan fingerprint density at radius 2 is 1.94 bits per heavy atom. The largest absolute Gasteiger partial charge is 0.772 e. The number of nitrogens with one attached hydrogen (secondary N) is 3. The summed E-state index contributed by atoms with van der Waals surface area (Å²) in [5, 5.41) is 20.3. The Hall–Kier alpha value is -2.95. The molecule has 0 saturated heterocycles. The van der Waals surface area contributed by atoms with Crippen LogP contribution in [0.5, 0.6) is 0 Å². The van der Waals surface area contributed by atoms with E-state index in [1.165, 1.54) is 12.1 Å². The van der Waals surface area contributed by atoms with E-state index >= 15 is 0 Å². The van der Waals surface area contributed by atoms with Crippen LogP contribution in [-0.4, -0.2) is 43.9 Å². The van der Waals surface area contributed by atoms with Crippen molar-refractivity contribution in [3.05, 3.63) is 64.2 Å². The van der Waals surface area contributed by atoms with Crippen LogP contribution >= 0.6 is 11.6 Å². The Balaban J connectivity index is 2.10. The minimum absolute atomic E-state index is 0.0584. The minimum Gasteiger partial charge on any atom is -0.772 e. The molecule has 0 radical (unpaired) electrons. The highest BCUT2D eigenvalue weighted by Crippen LogP contribution is 2.23. The Kier molecular flexibility index (Phi) is 8.76. The summed E-state index contributed by atoms with van der Waals surface area (Å²) in [6, 6.07) is 11.1. The van der Waals surface area contributed by atoms with E-state index in [4.69, 9.17) is 16.8 Å². The number of amides is 3. The molecule has 0 spiro atoms. The van der Waals surface area contributed by atoms with Crippen LogP contribution in [0.4, 0.5) is 10.5 Å². The third-order valence-corrected chi connectivity index (χ3v) is 5.47. The number of urea groups is 1. The van der Waals surface area contributed by atoms with Crippen LogP contribution in [0.15, 0.2) is 47.6 Å². The van der Waals surface area contributed by atoms with E-state index in [9.17, 15) is 18.4 Å². The SMILES string of the molecule is C/C(=N\O)c1cccc(C(C)(C)NC(=O)Nc2ccc(Cl)c(C(=O)NCCS(=O)[O-])c2)c1. The first-order chi connectivity index (χ1) is 15.0. The zero-order valence-electron chi connectivity index (χ0n) is 17.8. The van der Waals surface area contributed by atoms with Gasteiger partial charge >= 0.3 is 6.03 Å². The average molecular weight is 480 g/mol. The molecule has 0 aromatic heterocycles. The van der Waals surface area contributed by atoms with E-state index in [0.29, 0.717) is 11.4 Å². The second kappa shape index (κ2) is 11.1. The first-order valence-corrected chi connectivity index (χ1v) is 11.2. The monoisotopic (exact) mass is 479 g/mol. The van der Waals surface area contributed by atoms with E-state index < -0.39 is 28.6 Å². The lowest BCUT2D eigenvalue weighted by Crippen LogP contribution is -2.43. The second-order valence-electron chi connectivity index (χ2n) is 7.43. The maximum absolute atomic E-state index is 12.6. The van der Waals surface area contributed by atoms with Crippen molar-refractivity contribution in [3.8, 4) is 0 Å². The lowest BCUT2D eigenvalue weighted by atomic mass is 9.92. The topological polar surface area (TPSA) is 143 Å². The highest BCUT2D eigenvalue weighted by atomic mass is 35.5. The summed E-state index contributed by atoms with van der Waals surface area (Å²) in [5.41, 5.74) is 1.62. The summed E-state index contributed by atoms with van der Waals surface area (Å²) in [6.07, 6.45) is 0. The average Bonchev–Trinajstić information content (AvgIpc) is 2.73. The van der Waals surface area contributed by atoms with Gasteiger partial charge in [-0.05, 0) is 56.2 Å². The molecule has 0 fully saturated rings. The van der Waals surface area contributed by atoms with Crippen molar-refractivity contribution in [1.29, 1.82) is 0 Å². The van der Waals surface area contributed by atoms with E-state index in [-0.39, 0.29) is 22.9 Å². The fourth-order valence-electron chi connectivity index (χ4n) is 2.83. The maximum Gasteiger partial charge on any atom is 0.319 e. The number of halogens is 1. The molecule has 0 aliphatic carbocycles. The maximum atomic E-state index is 12.6. The quantitative estimate of drug-likeness (QED) is 0.199. The van der Waals surface area contributed by atoms with Crippen LogP contribution in [0, 0.1) is 0 Å². The summed E-state index contributed by atoms with van der Waals surface area (Å²) in [7, 11) is 0. The molecule has 32 heavy (non-hydrogen) atoms. The highest BCUT2D eigenvalue weighted by Gasteiger charge is 2.24. The van der Waals surface area contributed by atoms with Gasteiger partial charge in [0.05, 0.1) is 21.8 Å². The smallest absolute Gasteiger partial charge is 0.319 e. The van der Waals surface area contributed by atoms with Crippen molar-refractivity contribution >= 4 is 46.0 Å². The first kappa shape index (κ1) is 25.3. The van der Waals surface area contributed by atoms with Crippen LogP contribution in [0.25, 0.3) is 0 Å². The number of carbonyl (C=O) groups excluding carboxylic acids is 2. The predicted octanol–water partition coefficient (Wildman–Crippen LogP) is 3.20. The lowest BCUT2D eigenvalue weighted by molar-refractivity contribution is 0.0956. The number of rotatable bonds is 8. The van der Waals surface area contributed by atoms with Crippen LogP contribution < -0.4 is 16.0 Å². The number of hydrogen-bond donors (Lipinski definition) is 4. The summed E-state index contributed by atoms with van der Waals surface area (Å²) in [6.45, 7) is 5.24. The van der Waals surface area contributed by atoms with Gasteiger partial charge < -0.3 is 25.7 Å². The van der Waals surface area contributed by atoms with Crippen LogP contribution in [0.1, 0.15) is 42.3 Å². The molecule has 1 unspecified atom stereocenters. The zero-order chi connectivity index (χ0) is 23.9. The predicted molar refractivity (Wildman–Crippen MR) is 123 cm³/mol. The molecule has 9 nitrogen and oxygen atoms in total. The number of benzene rings is 2. The zero-order valence-corrected chi connectivity index (χ0v) is 19.3. The summed E-state index contributed by atoms with van der Waals surface area (Å²) in [4.78, 5) is 24.9. The Morgan fingerprint density at radius 3 is 2.59 bits per heavy atom. The molecule has 0 heterocycles. The number of anilines is 1. The second-order valence-corrected chi connectivity index (χ2v) is 8.85. The van der Waals surface area contributed by atoms with Gasteiger partial charge in [0, 0.05) is 18.0 Å². The van der Waals surface area contributed by atoms with E-state index in [1.54, 1.807) is 25.1 Å². The Morgan fingerprint density at radius 1 is 1.22 bits per heavy atom. The lowest BCUT2D eigenvalue weighted by Gasteiger charge is -2.27. The molecule has 2 rings (SSSR count). The van der Waals surface area contributed by atoms with Gasteiger partial charge in [-0.3, -0.25) is 9.00 Å². The molecule has 11 heteroatoms. The standard InChI is InChI=1S/C21H25ClN4O5S/c1-13(26-29)14-5-4-6-15(11-14)21(2,3)25-20(28)24-16-7-8-18(22)17(12-16)19(27)23-9-10-32(30)31/h4-8,11-12,29H,9-10H2,1-3H3,(H,23,27)(H,30,31)(H2,24,25,28)/p-1/b26-13+. The number of carbonyl (C=O) groups is 2. The van der Waals surface area contributed by atoms with Gasteiger partial charge in [-0.2, -0.15) is 0 Å². The molecule has 1 atom stereocenters. The molecule has 2 aromatic carbocycles. The fraction of sp³-hybridized carbons (Fsp3) is 0.286. The first-order valence-electron chi connectivity index (χ1n) is 9.56. The van der Waals surface area contributed by atoms with Gasteiger partial charge in [-0.15, -0.1) is 0 Å². The van der Waals surface area contributed by atoms with Gasteiger partial charge in [-0.1, -0.05) is 46.0 Å².